The van der Waals surface area contributed by atoms with Gasteiger partial charge in [0.2, 0.25) is 0 Å². The number of aromatic carboxylic acids is 1. The molecule has 5 heteroatoms. The molecule has 5 nitrogen and oxygen atoms in total. The Morgan fingerprint density at radius 3 is 2.68 bits per heavy atom. The summed E-state index contributed by atoms with van der Waals surface area (Å²) < 4.78 is 4.84. The number of hydrogen-bond donors (Lipinski definition) is 1. The summed E-state index contributed by atoms with van der Waals surface area (Å²) in [4.78, 5) is 22.6. The van der Waals surface area contributed by atoms with Crippen LogP contribution in [0.2, 0.25) is 0 Å². The van der Waals surface area contributed by atoms with Crippen molar-refractivity contribution >= 4 is 18.0 Å². The van der Waals surface area contributed by atoms with E-state index >= 15 is 0 Å². The van der Waals surface area contributed by atoms with Crippen LogP contribution in [0.1, 0.15) is 29.3 Å². The molecule has 1 aromatic rings. The number of benzene rings is 1. The summed E-state index contributed by atoms with van der Waals surface area (Å²) in [6.07, 6.45) is 1.87. The number of rotatable bonds is 5. The van der Waals surface area contributed by atoms with Gasteiger partial charge >= 0.3 is 11.9 Å². The van der Waals surface area contributed by atoms with E-state index in [0.717, 1.165) is 0 Å². The van der Waals surface area contributed by atoms with E-state index in [0.29, 0.717) is 12.0 Å². The topological polar surface area (TPSA) is 87.4 Å². The highest BCUT2D eigenvalue weighted by Gasteiger charge is 2.13. The van der Waals surface area contributed by atoms with Crippen LogP contribution in [0.4, 0.5) is 0 Å². The number of esters is 1. The fraction of sp³-hybridized carbons (Fsp3) is 0.214. The van der Waals surface area contributed by atoms with Gasteiger partial charge in [0.15, 0.2) is 0 Å². The monoisotopic (exact) mass is 259 g/mol. The second-order valence-corrected chi connectivity index (χ2v) is 3.70. The maximum Gasteiger partial charge on any atom is 0.348 e. The fourth-order valence-corrected chi connectivity index (χ4v) is 1.38. The molecule has 0 spiro atoms. The first-order valence-electron chi connectivity index (χ1n) is 5.71. The molecule has 0 radical (unpaired) electrons. The van der Waals surface area contributed by atoms with Crippen molar-refractivity contribution in [2.45, 2.75) is 13.3 Å². The first-order valence-corrected chi connectivity index (χ1v) is 5.71. The summed E-state index contributed by atoms with van der Waals surface area (Å²) in [5.41, 5.74) is 0.0979. The molecule has 1 rings (SSSR count). The van der Waals surface area contributed by atoms with Crippen molar-refractivity contribution in [3.8, 4) is 6.07 Å². The van der Waals surface area contributed by atoms with Gasteiger partial charge in [-0.15, -0.1) is 0 Å². The van der Waals surface area contributed by atoms with Gasteiger partial charge in [0.1, 0.15) is 11.6 Å². The molecule has 0 heterocycles. The largest absolute Gasteiger partial charge is 0.478 e. The minimum Gasteiger partial charge on any atom is -0.478 e. The highest BCUT2D eigenvalue weighted by atomic mass is 16.5. The number of ether oxygens (including phenoxy) is 1. The van der Waals surface area contributed by atoms with E-state index in [1.165, 1.54) is 18.2 Å². The van der Waals surface area contributed by atoms with Crippen LogP contribution in [0.5, 0.6) is 0 Å². The summed E-state index contributed by atoms with van der Waals surface area (Å²) in [5, 5.41) is 17.9. The Morgan fingerprint density at radius 2 is 2.11 bits per heavy atom. The summed E-state index contributed by atoms with van der Waals surface area (Å²) >= 11 is 0. The average Bonchev–Trinajstić information content (AvgIpc) is 2.42. The van der Waals surface area contributed by atoms with Gasteiger partial charge in [0.05, 0.1) is 12.2 Å². The van der Waals surface area contributed by atoms with E-state index in [1.54, 1.807) is 18.2 Å². The van der Waals surface area contributed by atoms with Crippen molar-refractivity contribution in [3.05, 3.63) is 41.0 Å². The second kappa shape index (κ2) is 6.97. The van der Waals surface area contributed by atoms with E-state index in [2.05, 4.69) is 0 Å². The summed E-state index contributed by atoms with van der Waals surface area (Å²) in [5.74, 6) is -1.87. The number of carbonyl (C=O) groups excluding carboxylic acids is 1. The van der Waals surface area contributed by atoms with Crippen LogP contribution in [0.25, 0.3) is 6.08 Å². The Kier molecular flexibility index (Phi) is 5.30. The molecule has 1 aromatic carbocycles. The number of carboxylic acid groups (broad SMARTS) is 1. The van der Waals surface area contributed by atoms with E-state index < -0.39 is 11.9 Å². The molecule has 0 fully saturated rings. The number of nitriles is 1. The molecule has 0 aromatic heterocycles. The van der Waals surface area contributed by atoms with E-state index in [-0.39, 0.29) is 17.7 Å². The minimum atomic E-state index is -1.12. The second-order valence-electron chi connectivity index (χ2n) is 3.70. The third kappa shape index (κ3) is 3.96. The third-order valence-corrected chi connectivity index (χ3v) is 2.27. The zero-order valence-corrected chi connectivity index (χ0v) is 10.4. The highest BCUT2D eigenvalue weighted by molar-refractivity contribution is 6.00. The number of nitrogens with zero attached hydrogens (tertiary/aromatic N) is 1. The summed E-state index contributed by atoms with van der Waals surface area (Å²) in [6.45, 7) is 2.06. The van der Waals surface area contributed by atoms with Gasteiger partial charge in [-0.2, -0.15) is 5.26 Å². The van der Waals surface area contributed by atoms with E-state index in [4.69, 9.17) is 15.1 Å². The van der Waals surface area contributed by atoms with Crippen LogP contribution in [-0.2, 0) is 9.53 Å². The Labute approximate surface area is 110 Å². The molecular weight excluding hydrogens is 246 g/mol. The zero-order chi connectivity index (χ0) is 14.3. The summed E-state index contributed by atoms with van der Waals surface area (Å²) in [6, 6.07) is 7.85. The molecule has 0 bridgehead atoms. The molecule has 0 aliphatic carbocycles. The lowest BCUT2D eigenvalue weighted by atomic mass is 10.1. The SMILES string of the molecule is CCCOC(=O)C(C#N)=Cc1ccccc1C(=O)O. The van der Waals surface area contributed by atoms with Crippen LogP contribution in [0, 0.1) is 11.3 Å². The third-order valence-electron chi connectivity index (χ3n) is 2.27. The molecule has 0 saturated carbocycles. The van der Waals surface area contributed by atoms with Crippen molar-refractivity contribution < 1.29 is 19.4 Å². The predicted molar refractivity (Wildman–Crippen MR) is 68.2 cm³/mol. The number of carbonyl (C=O) groups is 2. The van der Waals surface area contributed by atoms with Crippen molar-refractivity contribution in [2.24, 2.45) is 0 Å². The molecule has 0 saturated heterocycles. The van der Waals surface area contributed by atoms with Crippen LogP contribution in [0.3, 0.4) is 0 Å². The van der Waals surface area contributed by atoms with Gasteiger partial charge in [-0.1, -0.05) is 25.1 Å². The molecule has 0 atom stereocenters. The molecule has 98 valence electrons. The number of hydrogen-bond acceptors (Lipinski definition) is 4. The Hall–Kier alpha value is -2.61. The molecule has 0 amide bonds. The van der Waals surface area contributed by atoms with Crippen LogP contribution in [-0.4, -0.2) is 23.7 Å². The summed E-state index contributed by atoms with van der Waals surface area (Å²) in [7, 11) is 0. The van der Waals surface area contributed by atoms with Gasteiger partial charge in [-0.25, -0.2) is 9.59 Å². The molecule has 19 heavy (non-hydrogen) atoms. The van der Waals surface area contributed by atoms with Crippen LogP contribution < -0.4 is 0 Å². The lowest BCUT2D eigenvalue weighted by Crippen LogP contribution is -2.08. The first-order chi connectivity index (χ1) is 9.10. The molecule has 1 N–H and O–H groups in total. The minimum absolute atomic E-state index is 0.0264. The smallest absolute Gasteiger partial charge is 0.348 e. The number of carboxylic acids is 1. The van der Waals surface area contributed by atoms with Crippen molar-refractivity contribution in [2.75, 3.05) is 6.61 Å². The Morgan fingerprint density at radius 1 is 1.42 bits per heavy atom. The average molecular weight is 259 g/mol. The van der Waals surface area contributed by atoms with Gasteiger partial charge < -0.3 is 9.84 Å². The maximum absolute atomic E-state index is 11.6. The molecular formula is C14H13NO4. The van der Waals surface area contributed by atoms with Crippen molar-refractivity contribution in [1.82, 2.24) is 0 Å². The van der Waals surface area contributed by atoms with Gasteiger partial charge in [-0.3, -0.25) is 0 Å². The van der Waals surface area contributed by atoms with E-state index in [1.807, 2.05) is 6.92 Å². The zero-order valence-electron chi connectivity index (χ0n) is 10.4. The molecule has 0 unspecified atom stereocenters. The Balaban J connectivity index is 3.09. The lowest BCUT2D eigenvalue weighted by molar-refractivity contribution is -0.138. The normalized spacial score (nSPS) is 10.6. The van der Waals surface area contributed by atoms with Crippen LogP contribution >= 0.6 is 0 Å². The predicted octanol–water partition coefficient (Wildman–Crippen LogP) is 2.24. The highest BCUT2D eigenvalue weighted by Crippen LogP contribution is 2.14. The Bertz CT molecular complexity index is 555. The van der Waals surface area contributed by atoms with Gasteiger partial charge in [0, 0.05) is 0 Å². The fourth-order valence-electron chi connectivity index (χ4n) is 1.38. The van der Waals surface area contributed by atoms with E-state index in [9.17, 15) is 9.59 Å². The molecule has 0 aliphatic heterocycles. The molecule has 0 aliphatic rings. The quantitative estimate of drug-likeness (QED) is 0.497. The van der Waals surface area contributed by atoms with Gasteiger partial charge in [-0.05, 0) is 24.1 Å². The standard InChI is InChI=1S/C14H13NO4/c1-2-7-19-14(18)11(9-15)8-10-5-3-4-6-12(10)13(16)17/h3-6,8H,2,7H2,1H3,(H,16,17). The van der Waals surface area contributed by atoms with Gasteiger partial charge in [0.25, 0.3) is 0 Å². The lowest BCUT2D eigenvalue weighted by Gasteiger charge is -2.03. The van der Waals surface area contributed by atoms with Crippen molar-refractivity contribution in [1.29, 1.82) is 5.26 Å². The van der Waals surface area contributed by atoms with Crippen LogP contribution in [0.15, 0.2) is 29.8 Å². The maximum atomic E-state index is 11.6. The first kappa shape index (κ1) is 14.5. The van der Waals surface area contributed by atoms with Crippen molar-refractivity contribution in [3.63, 3.8) is 0 Å².